The first-order valence-corrected chi connectivity index (χ1v) is 7.51. The van der Waals surface area contributed by atoms with E-state index in [4.69, 9.17) is 11.6 Å². The van der Waals surface area contributed by atoms with Crippen LogP contribution in [0.25, 0.3) is 0 Å². The molecule has 0 saturated carbocycles. The van der Waals surface area contributed by atoms with Crippen molar-refractivity contribution in [1.82, 2.24) is 0 Å². The SMILES string of the molecule is N#Cc1c(NC(=O)CCCCCl)sc2c1CCC2. The summed E-state index contributed by atoms with van der Waals surface area (Å²) in [5.74, 6) is 0.570. The van der Waals surface area contributed by atoms with Crippen molar-refractivity contribution in [3.05, 3.63) is 16.0 Å². The van der Waals surface area contributed by atoms with Gasteiger partial charge >= 0.3 is 0 Å². The average Bonchev–Trinajstić information content (AvgIpc) is 2.89. The Kier molecular flexibility index (Phi) is 4.62. The number of hydrogen-bond acceptors (Lipinski definition) is 3. The summed E-state index contributed by atoms with van der Waals surface area (Å²) >= 11 is 7.13. The third kappa shape index (κ3) is 2.85. The Hall–Kier alpha value is -1.05. The molecule has 1 aromatic heterocycles. The zero-order chi connectivity index (χ0) is 13.0. The molecule has 1 aromatic rings. The first-order valence-electron chi connectivity index (χ1n) is 6.16. The number of halogens is 1. The fourth-order valence-corrected chi connectivity index (χ4v) is 3.62. The van der Waals surface area contributed by atoms with Gasteiger partial charge in [-0.3, -0.25) is 4.79 Å². The van der Waals surface area contributed by atoms with Crippen molar-refractivity contribution in [2.75, 3.05) is 11.2 Å². The molecule has 0 atom stereocenters. The molecule has 0 aliphatic heterocycles. The number of nitriles is 1. The first-order chi connectivity index (χ1) is 8.76. The standard InChI is InChI=1S/C13H15ClN2OS/c14-7-2-1-6-12(17)16-13-10(8-15)9-4-3-5-11(9)18-13/h1-7H2,(H,16,17). The van der Waals surface area contributed by atoms with Crippen molar-refractivity contribution in [1.29, 1.82) is 5.26 Å². The minimum atomic E-state index is -0.0171. The second kappa shape index (κ2) is 6.21. The van der Waals surface area contributed by atoms with E-state index in [-0.39, 0.29) is 5.91 Å². The lowest BCUT2D eigenvalue weighted by Crippen LogP contribution is -2.11. The Balaban J connectivity index is 2.02. The lowest BCUT2D eigenvalue weighted by Gasteiger charge is -2.03. The third-order valence-corrected chi connectivity index (χ3v) is 4.55. The highest BCUT2D eigenvalue weighted by molar-refractivity contribution is 7.16. The topological polar surface area (TPSA) is 52.9 Å². The van der Waals surface area contributed by atoms with Crippen molar-refractivity contribution >= 4 is 33.8 Å². The molecule has 1 amide bonds. The second-order valence-corrected chi connectivity index (χ2v) is 5.85. The number of carbonyl (C=O) groups excluding carboxylic acids is 1. The molecule has 1 aliphatic rings. The highest BCUT2D eigenvalue weighted by Crippen LogP contribution is 2.38. The predicted octanol–water partition coefficient (Wildman–Crippen LogP) is 3.46. The van der Waals surface area contributed by atoms with Crippen molar-refractivity contribution in [3.8, 4) is 6.07 Å². The number of rotatable bonds is 5. The number of anilines is 1. The molecule has 0 aromatic carbocycles. The minimum absolute atomic E-state index is 0.0171. The molecule has 0 fully saturated rings. The summed E-state index contributed by atoms with van der Waals surface area (Å²) in [6, 6.07) is 2.22. The van der Waals surface area contributed by atoms with E-state index in [1.807, 2.05) is 0 Å². The Morgan fingerprint density at radius 3 is 3.00 bits per heavy atom. The van der Waals surface area contributed by atoms with E-state index in [0.717, 1.165) is 42.7 Å². The van der Waals surface area contributed by atoms with E-state index in [0.29, 0.717) is 17.9 Å². The zero-order valence-electron chi connectivity index (χ0n) is 10.1. The molecule has 1 N–H and O–H groups in total. The van der Waals surface area contributed by atoms with Crippen LogP contribution >= 0.6 is 22.9 Å². The van der Waals surface area contributed by atoms with Gasteiger partial charge in [-0.15, -0.1) is 22.9 Å². The normalized spacial score (nSPS) is 13.1. The van der Waals surface area contributed by atoms with Gasteiger partial charge in [0.1, 0.15) is 11.1 Å². The van der Waals surface area contributed by atoms with Crippen LogP contribution in [-0.4, -0.2) is 11.8 Å². The maximum Gasteiger partial charge on any atom is 0.225 e. The molecule has 0 bridgehead atoms. The van der Waals surface area contributed by atoms with Gasteiger partial charge in [0.05, 0.1) is 5.56 Å². The van der Waals surface area contributed by atoms with E-state index in [2.05, 4.69) is 11.4 Å². The summed E-state index contributed by atoms with van der Waals surface area (Å²) in [7, 11) is 0. The lowest BCUT2D eigenvalue weighted by atomic mass is 10.1. The van der Waals surface area contributed by atoms with E-state index in [1.165, 1.54) is 4.88 Å². The zero-order valence-corrected chi connectivity index (χ0v) is 11.7. The van der Waals surface area contributed by atoms with Gasteiger partial charge in [0.2, 0.25) is 5.91 Å². The van der Waals surface area contributed by atoms with Gasteiger partial charge in [-0.1, -0.05) is 0 Å². The van der Waals surface area contributed by atoms with Crippen LogP contribution in [0.15, 0.2) is 0 Å². The summed E-state index contributed by atoms with van der Waals surface area (Å²) < 4.78 is 0. The van der Waals surface area contributed by atoms with Crippen LogP contribution in [0, 0.1) is 11.3 Å². The van der Waals surface area contributed by atoms with Gasteiger partial charge in [-0.05, 0) is 37.7 Å². The van der Waals surface area contributed by atoms with Crippen LogP contribution in [0.5, 0.6) is 0 Å². The third-order valence-electron chi connectivity index (χ3n) is 3.07. The van der Waals surface area contributed by atoms with Crippen LogP contribution < -0.4 is 5.32 Å². The Morgan fingerprint density at radius 2 is 2.28 bits per heavy atom. The van der Waals surface area contributed by atoms with Gasteiger partial charge < -0.3 is 5.32 Å². The van der Waals surface area contributed by atoms with Crippen LogP contribution in [0.2, 0.25) is 0 Å². The van der Waals surface area contributed by atoms with Crippen LogP contribution in [0.3, 0.4) is 0 Å². The molecule has 3 nitrogen and oxygen atoms in total. The molecule has 0 unspecified atom stereocenters. The van der Waals surface area contributed by atoms with Gasteiger partial charge in [0.25, 0.3) is 0 Å². The minimum Gasteiger partial charge on any atom is -0.317 e. The summed E-state index contributed by atoms with van der Waals surface area (Å²) in [4.78, 5) is 13.0. The number of nitrogens with zero attached hydrogens (tertiary/aromatic N) is 1. The fourth-order valence-electron chi connectivity index (χ4n) is 2.18. The van der Waals surface area contributed by atoms with Crippen LogP contribution in [-0.2, 0) is 17.6 Å². The molecule has 0 saturated heterocycles. The van der Waals surface area contributed by atoms with Gasteiger partial charge in [-0.25, -0.2) is 0 Å². The highest BCUT2D eigenvalue weighted by Gasteiger charge is 2.22. The largest absolute Gasteiger partial charge is 0.317 e. The quantitative estimate of drug-likeness (QED) is 0.664. The molecule has 1 aliphatic carbocycles. The first kappa shape index (κ1) is 13.4. The summed E-state index contributed by atoms with van der Waals surface area (Å²) in [5.41, 5.74) is 1.83. The average molecular weight is 283 g/mol. The Bertz CT molecular complexity index is 490. The number of aryl methyl sites for hydroxylation is 1. The van der Waals surface area contributed by atoms with E-state index in [9.17, 15) is 10.1 Å². The molecule has 18 heavy (non-hydrogen) atoms. The number of fused-ring (bicyclic) bond motifs is 1. The van der Waals surface area contributed by atoms with Crippen molar-refractivity contribution in [2.45, 2.75) is 38.5 Å². The van der Waals surface area contributed by atoms with Crippen LogP contribution in [0.4, 0.5) is 5.00 Å². The van der Waals surface area contributed by atoms with Crippen molar-refractivity contribution in [2.24, 2.45) is 0 Å². The molecular weight excluding hydrogens is 268 g/mol. The molecule has 5 heteroatoms. The molecular formula is C13H15ClN2OS. The maximum absolute atomic E-state index is 11.7. The maximum atomic E-state index is 11.7. The monoisotopic (exact) mass is 282 g/mol. The molecule has 1 heterocycles. The van der Waals surface area contributed by atoms with E-state index >= 15 is 0 Å². The van der Waals surface area contributed by atoms with Gasteiger partial charge in [0, 0.05) is 17.2 Å². The summed E-state index contributed by atoms with van der Waals surface area (Å²) in [6.45, 7) is 0. The number of hydrogen-bond donors (Lipinski definition) is 1. The molecule has 2 rings (SSSR count). The number of thiophene rings is 1. The number of amides is 1. The van der Waals surface area contributed by atoms with Crippen molar-refractivity contribution < 1.29 is 4.79 Å². The van der Waals surface area contributed by atoms with Gasteiger partial charge in [0.15, 0.2) is 0 Å². The molecule has 96 valence electrons. The molecule has 0 spiro atoms. The van der Waals surface area contributed by atoms with Gasteiger partial charge in [-0.2, -0.15) is 5.26 Å². The van der Waals surface area contributed by atoms with Crippen molar-refractivity contribution in [3.63, 3.8) is 0 Å². The number of unbranched alkanes of at least 4 members (excludes halogenated alkanes) is 1. The number of alkyl halides is 1. The van der Waals surface area contributed by atoms with E-state index in [1.54, 1.807) is 11.3 Å². The van der Waals surface area contributed by atoms with Crippen LogP contribution in [0.1, 0.15) is 41.7 Å². The Morgan fingerprint density at radius 1 is 1.44 bits per heavy atom. The highest BCUT2D eigenvalue weighted by atomic mass is 35.5. The lowest BCUT2D eigenvalue weighted by molar-refractivity contribution is -0.116. The predicted molar refractivity (Wildman–Crippen MR) is 74.3 cm³/mol. The second-order valence-electron chi connectivity index (χ2n) is 4.37. The number of nitrogens with one attached hydrogen (secondary N) is 1. The van der Waals surface area contributed by atoms with E-state index < -0.39 is 0 Å². The molecule has 0 radical (unpaired) electrons. The fraction of sp³-hybridized carbons (Fsp3) is 0.538. The Labute approximate surface area is 116 Å². The summed E-state index contributed by atoms with van der Waals surface area (Å²) in [6.07, 6.45) is 5.25. The smallest absolute Gasteiger partial charge is 0.225 e. The number of carbonyl (C=O) groups is 1. The summed E-state index contributed by atoms with van der Waals surface area (Å²) in [5, 5.41) is 12.8.